The molecule has 1 aromatic heterocycles. The second-order valence-corrected chi connectivity index (χ2v) is 4.76. The van der Waals surface area contributed by atoms with E-state index in [0.717, 1.165) is 18.2 Å². The van der Waals surface area contributed by atoms with Crippen LogP contribution in [0.5, 0.6) is 0 Å². The van der Waals surface area contributed by atoms with Crippen LogP contribution in [0.15, 0.2) is 5.38 Å². The van der Waals surface area contributed by atoms with Crippen molar-refractivity contribution in [3.63, 3.8) is 0 Å². The van der Waals surface area contributed by atoms with E-state index in [0.29, 0.717) is 12.2 Å². The third kappa shape index (κ3) is 2.52. The molecule has 1 aromatic rings. The van der Waals surface area contributed by atoms with Crippen molar-refractivity contribution in [2.45, 2.75) is 26.2 Å². The van der Waals surface area contributed by atoms with Crippen LogP contribution in [0.2, 0.25) is 0 Å². The number of hydrogen-bond acceptors (Lipinski definition) is 4. The molecule has 4 nitrogen and oxygen atoms in total. The predicted molar refractivity (Wildman–Crippen MR) is 66.2 cm³/mol. The lowest BCUT2D eigenvalue weighted by Gasteiger charge is -2.25. The van der Waals surface area contributed by atoms with E-state index in [-0.39, 0.29) is 5.91 Å². The Morgan fingerprint density at radius 2 is 2.25 bits per heavy atom. The van der Waals surface area contributed by atoms with Gasteiger partial charge in [0.1, 0.15) is 5.69 Å². The number of nitrogens with zero attached hydrogens (tertiary/aromatic N) is 2. The highest BCUT2D eigenvalue weighted by atomic mass is 32.1. The van der Waals surface area contributed by atoms with Gasteiger partial charge in [0.2, 0.25) is 0 Å². The van der Waals surface area contributed by atoms with Crippen molar-refractivity contribution < 1.29 is 4.79 Å². The molecule has 0 saturated carbocycles. The molecule has 1 fully saturated rings. The zero-order valence-corrected chi connectivity index (χ0v) is 10.3. The van der Waals surface area contributed by atoms with Crippen LogP contribution in [0.4, 0.5) is 5.13 Å². The van der Waals surface area contributed by atoms with Crippen molar-refractivity contribution >= 4 is 22.4 Å². The molecule has 0 bridgehead atoms. The average molecular weight is 239 g/mol. The summed E-state index contributed by atoms with van der Waals surface area (Å²) in [5, 5.41) is 5.59. The van der Waals surface area contributed by atoms with E-state index in [2.05, 4.69) is 15.2 Å². The zero-order chi connectivity index (χ0) is 11.4. The van der Waals surface area contributed by atoms with Gasteiger partial charge in [0.15, 0.2) is 5.13 Å². The van der Waals surface area contributed by atoms with Gasteiger partial charge in [0, 0.05) is 25.0 Å². The molecule has 0 atom stereocenters. The van der Waals surface area contributed by atoms with Gasteiger partial charge in [0.05, 0.1) is 0 Å². The highest BCUT2D eigenvalue weighted by molar-refractivity contribution is 7.13. The van der Waals surface area contributed by atoms with Crippen LogP contribution in [0.3, 0.4) is 0 Å². The molecule has 1 aliphatic heterocycles. The summed E-state index contributed by atoms with van der Waals surface area (Å²) in [6.45, 7) is 4.70. The normalized spacial score (nSPS) is 16.2. The largest absolute Gasteiger partial charge is 0.351 e. The Morgan fingerprint density at radius 3 is 2.94 bits per heavy atom. The SMILES string of the molecule is CCNC(=O)c1csc(N2CCCCC2)n1. The molecule has 2 rings (SSSR count). The van der Waals surface area contributed by atoms with Gasteiger partial charge < -0.3 is 10.2 Å². The summed E-state index contributed by atoms with van der Waals surface area (Å²) in [6, 6.07) is 0. The lowest BCUT2D eigenvalue weighted by atomic mass is 10.1. The highest BCUT2D eigenvalue weighted by Crippen LogP contribution is 2.23. The molecule has 0 radical (unpaired) electrons. The Morgan fingerprint density at radius 1 is 1.50 bits per heavy atom. The second kappa shape index (κ2) is 5.30. The van der Waals surface area contributed by atoms with Gasteiger partial charge in [0.25, 0.3) is 5.91 Å². The molecule has 0 spiro atoms. The van der Waals surface area contributed by atoms with Crippen LogP contribution >= 0.6 is 11.3 Å². The summed E-state index contributed by atoms with van der Waals surface area (Å²) in [4.78, 5) is 18.2. The standard InChI is InChI=1S/C11H17N3OS/c1-2-12-10(15)9-8-16-11(13-9)14-6-4-3-5-7-14/h8H,2-7H2,1H3,(H,12,15). The minimum absolute atomic E-state index is 0.0676. The van der Waals surface area contributed by atoms with Crippen LogP contribution < -0.4 is 10.2 Å². The van der Waals surface area contributed by atoms with Crippen molar-refractivity contribution in [3.05, 3.63) is 11.1 Å². The Kier molecular flexibility index (Phi) is 3.77. The lowest BCUT2D eigenvalue weighted by molar-refractivity contribution is 0.0951. The molecule has 5 heteroatoms. The monoisotopic (exact) mass is 239 g/mol. The molecule has 88 valence electrons. The Balaban J connectivity index is 2.03. The fraction of sp³-hybridized carbons (Fsp3) is 0.636. The number of anilines is 1. The van der Waals surface area contributed by atoms with E-state index in [1.54, 1.807) is 11.3 Å². The van der Waals surface area contributed by atoms with Crippen molar-refractivity contribution in [3.8, 4) is 0 Å². The minimum Gasteiger partial charge on any atom is -0.351 e. The van der Waals surface area contributed by atoms with Gasteiger partial charge >= 0.3 is 0 Å². The van der Waals surface area contributed by atoms with Gasteiger partial charge in [-0.3, -0.25) is 4.79 Å². The summed E-state index contributed by atoms with van der Waals surface area (Å²) in [7, 11) is 0. The third-order valence-electron chi connectivity index (χ3n) is 2.69. The topological polar surface area (TPSA) is 45.2 Å². The number of thiazole rings is 1. The van der Waals surface area contributed by atoms with E-state index in [4.69, 9.17) is 0 Å². The fourth-order valence-electron chi connectivity index (χ4n) is 1.85. The van der Waals surface area contributed by atoms with Crippen molar-refractivity contribution in [1.29, 1.82) is 0 Å². The first-order chi connectivity index (χ1) is 7.81. The number of rotatable bonds is 3. The molecule has 0 unspecified atom stereocenters. The van der Waals surface area contributed by atoms with Gasteiger partial charge in [-0.1, -0.05) is 0 Å². The van der Waals surface area contributed by atoms with E-state index in [1.807, 2.05) is 12.3 Å². The van der Waals surface area contributed by atoms with Crippen molar-refractivity contribution in [2.24, 2.45) is 0 Å². The Labute approximate surface area is 99.7 Å². The van der Waals surface area contributed by atoms with Crippen LogP contribution in [0, 0.1) is 0 Å². The van der Waals surface area contributed by atoms with Gasteiger partial charge in [-0.2, -0.15) is 0 Å². The van der Waals surface area contributed by atoms with Gasteiger partial charge in [-0.25, -0.2) is 4.98 Å². The molecule has 1 N–H and O–H groups in total. The average Bonchev–Trinajstić information content (AvgIpc) is 2.80. The first kappa shape index (κ1) is 11.4. The maximum Gasteiger partial charge on any atom is 0.270 e. The fourth-order valence-corrected chi connectivity index (χ4v) is 2.71. The summed E-state index contributed by atoms with van der Waals surface area (Å²) in [5.41, 5.74) is 0.549. The summed E-state index contributed by atoms with van der Waals surface area (Å²) < 4.78 is 0. The van der Waals surface area contributed by atoms with Gasteiger partial charge in [-0.05, 0) is 26.2 Å². The van der Waals surface area contributed by atoms with Crippen LogP contribution in [-0.4, -0.2) is 30.5 Å². The molecular formula is C11H17N3OS. The number of amides is 1. The summed E-state index contributed by atoms with van der Waals surface area (Å²) in [6.07, 6.45) is 3.77. The molecule has 1 aliphatic rings. The van der Waals surface area contributed by atoms with E-state index >= 15 is 0 Å². The Bertz CT molecular complexity index is 358. The van der Waals surface area contributed by atoms with Crippen molar-refractivity contribution in [1.82, 2.24) is 10.3 Å². The molecule has 1 saturated heterocycles. The molecule has 1 amide bonds. The molecule has 0 aliphatic carbocycles. The quantitative estimate of drug-likeness (QED) is 0.876. The maximum atomic E-state index is 11.6. The number of carbonyl (C=O) groups excluding carboxylic acids is 1. The predicted octanol–water partition coefficient (Wildman–Crippen LogP) is 1.88. The summed E-state index contributed by atoms with van der Waals surface area (Å²) in [5.74, 6) is -0.0676. The first-order valence-electron chi connectivity index (χ1n) is 5.80. The summed E-state index contributed by atoms with van der Waals surface area (Å²) >= 11 is 1.56. The molecule has 0 aromatic carbocycles. The van der Waals surface area contributed by atoms with Crippen molar-refractivity contribution in [2.75, 3.05) is 24.5 Å². The van der Waals surface area contributed by atoms with Crippen LogP contribution in [-0.2, 0) is 0 Å². The van der Waals surface area contributed by atoms with Crippen LogP contribution in [0.1, 0.15) is 36.7 Å². The van der Waals surface area contributed by atoms with Gasteiger partial charge in [-0.15, -0.1) is 11.3 Å². The number of nitrogens with one attached hydrogen (secondary N) is 1. The Hall–Kier alpha value is -1.10. The number of aromatic nitrogens is 1. The van der Waals surface area contributed by atoms with E-state index in [9.17, 15) is 4.79 Å². The smallest absolute Gasteiger partial charge is 0.270 e. The number of piperidine rings is 1. The highest BCUT2D eigenvalue weighted by Gasteiger charge is 2.16. The molecule has 2 heterocycles. The molecular weight excluding hydrogens is 222 g/mol. The van der Waals surface area contributed by atoms with E-state index < -0.39 is 0 Å². The lowest BCUT2D eigenvalue weighted by Crippen LogP contribution is -2.29. The van der Waals surface area contributed by atoms with E-state index in [1.165, 1.54) is 19.3 Å². The number of hydrogen-bond donors (Lipinski definition) is 1. The first-order valence-corrected chi connectivity index (χ1v) is 6.68. The maximum absolute atomic E-state index is 11.6. The number of carbonyl (C=O) groups is 1. The zero-order valence-electron chi connectivity index (χ0n) is 9.53. The minimum atomic E-state index is -0.0676. The molecule has 16 heavy (non-hydrogen) atoms. The second-order valence-electron chi connectivity index (χ2n) is 3.92. The van der Waals surface area contributed by atoms with Crippen LogP contribution in [0.25, 0.3) is 0 Å². The third-order valence-corrected chi connectivity index (χ3v) is 3.59.